The highest BCUT2D eigenvalue weighted by atomic mass is 31.2. The van der Waals surface area contributed by atoms with Gasteiger partial charge in [-0.1, -0.05) is 0 Å². The zero-order chi connectivity index (χ0) is 9.61. The number of phosphoric acid groups is 1. The highest BCUT2D eigenvalue weighted by molar-refractivity contribution is 7.46. The second-order valence-corrected chi connectivity index (χ2v) is 4.04. The summed E-state index contributed by atoms with van der Waals surface area (Å²) in [6.45, 7) is 1.99. The van der Waals surface area contributed by atoms with E-state index in [4.69, 9.17) is 15.5 Å². The molecule has 0 fully saturated rings. The maximum Gasteiger partial charge on any atom is 0.469 e. The van der Waals surface area contributed by atoms with Crippen molar-refractivity contribution < 1.29 is 18.9 Å². The van der Waals surface area contributed by atoms with Gasteiger partial charge in [-0.25, -0.2) is 4.57 Å². The van der Waals surface area contributed by atoms with Crippen molar-refractivity contribution in [2.75, 3.05) is 6.61 Å². The van der Waals surface area contributed by atoms with Crippen LogP contribution in [0.2, 0.25) is 0 Å². The minimum Gasteiger partial charge on any atom is -0.328 e. The van der Waals surface area contributed by atoms with E-state index in [0.717, 1.165) is 12.8 Å². The zero-order valence-corrected chi connectivity index (χ0v) is 8.04. The molecule has 4 N–H and O–H groups in total. The summed E-state index contributed by atoms with van der Waals surface area (Å²) in [5, 5.41) is 0. The molecule has 1 unspecified atom stereocenters. The Hall–Kier alpha value is 0.0700. The van der Waals surface area contributed by atoms with Crippen molar-refractivity contribution >= 4 is 7.82 Å². The normalized spacial score (nSPS) is 14.7. The number of nitrogens with two attached hydrogens (primary N) is 1. The molecule has 0 saturated carbocycles. The molecule has 0 aromatic rings. The van der Waals surface area contributed by atoms with Gasteiger partial charge in [0.15, 0.2) is 0 Å². The van der Waals surface area contributed by atoms with Crippen molar-refractivity contribution in [1.82, 2.24) is 0 Å². The van der Waals surface area contributed by atoms with Gasteiger partial charge in [0.05, 0.1) is 6.61 Å². The van der Waals surface area contributed by atoms with Crippen LogP contribution in [-0.4, -0.2) is 22.4 Å². The maximum absolute atomic E-state index is 10.2. The van der Waals surface area contributed by atoms with Gasteiger partial charge in [-0.05, 0) is 26.2 Å². The van der Waals surface area contributed by atoms with E-state index in [-0.39, 0.29) is 12.6 Å². The largest absolute Gasteiger partial charge is 0.469 e. The molecule has 0 rings (SSSR count). The van der Waals surface area contributed by atoms with E-state index in [1.165, 1.54) is 0 Å². The lowest BCUT2D eigenvalue weighted by atomic mass is 10.1. The molecule has 5 nitrogen and oxygen atoms in total. The van der Waals surface area contributed by atoms with Crippen LogP contribution in [0.1, 0.15) is 26.2 Å². The van der Waals surface area contributed by atoms with Crippen LogP contribution in [0, 0.1) is 0 Å². The number of hydrogen-bond donors (Lipinski definition) is 3. The Morgan fingerprint density at radius 1 is 1.50 bits per heavy atom. The maximum atomic E-state index is 10.2. The third-order valence-corrected chi connectivity index (χ3v) is 1.83. The lowest BCUT2D eigenvalue weighted by Gasteiger charge is -2.06. The van der Waals surface area contributed by atoms with Gasteiger partial charge in [-0.15, -0.1) is 0 Å². The fraction of sp³-hybridized carbons (Fsp3) is 1.00. The average molecular weight is 197 g/mol. The van der Waals surface area contributed by atoms with E-state index in [0.29, 0.717) is 6.42 Å². The minimum absolute atomic E-state index is 0.0942. The molecule has 6 heteroatoms. The van der Waals surface area contributed by atoms with Crippen LogP contribution < -0.4 is 5.73 Å². The molecule has 1 atom stereocenters. The Balaban J connectivity index is 3.17. The molecule has 0 saturated heterocycles. The Labute approximate surface area is 72.2 Å². The molecule has 0 radical (unpaired) electrons. The first kappa shape index (κ1) is 12.1. The molecule has 0 aromatic carbocycles. The van der Waals surface area contributed by atoms with E-state index in [9.17, 15) is 4.57 Å². The van der Waals surface area contributed by atoms with Gasteiger partial charge in [0.1, 0.15) is 0 Å². The van der Waals surface area contributed by atoms with Crippen LogP contribution in [-0.2, 0) is 9.09 Å². The smallest absolute Gasteiger partial charge is 0.328 e. The van der Waals surface area contributed by atoms with Crippen LogP contribution >= 0.6 is 7.82 Å². The molecular formula is C6H16NO4P. The second-order valence-electron chi connectivity index (χ2n) is 2.80. The topological polar surface area (TPSA) is 92.8 Å². The summed E-state index contributed by atoms with van der Waals surface area (Å²) in [6.07, 6.45) is 2.31. The van der Waals surface area contributed by atoms with E-state index in [2.05, 4.69) is 4.52 Å². The molecule has 0 amide bonds. The summed E-state index contributed by atoms with van der Waals surface area (Å²) in [5.74, 6) is 0. The van der Waals surface area contributed by atoms with Crippen molar-refractivity contribution in [3.8, 4) is 0 Å². The van der Waals surface area contributed by atoms with Crippen molar-refractivity contribution in [2.45, 2.75) is 32.2 Å². The van der Waals surface area contributed by atoms with Gasteiger partial charge < -0.3 is 15.5 Å². The van der Waals surface area contributed by atoms with Gasteiger partial charge in [0, 0.05) is 6.04 Å². The van der Waals surface area contributed by atoms with E-state index >= 15 is 0 Å². The molecule has 12 heavy (non-hydrogen) atoms. The third kappa shape index (κ3) is 10.1. The number of hydrogen-bond acceptors (Lipinski definition) is 3. The van der Waals surface area contributed by atoms with Gasteiger partial charge in [-0.3, -0.25) is 4.52 Å². The van der Waals surface area contributed by atoms with Crippen molar-refractivity contribution in [3.63, 3.8) is 0 Å². The fourth-order valence-corrected chi connectivity index (χ4v) is 1.12. The fourth-order valence-electron chi connectivity index (χ4n) is 0.752. The SMILES string of the molecule is CC(N)CCCCOP(=O)(O)O. The molecule has 0 bridgehead atoms. The molecule has 0 spiro atoms. The van der Waals surface area contributed by atoms with E-state index < -0.39 is 7.82 Å². The lowest BCUT2D eigenvalue weighted by Crippen LogP contribution is -2.14. The molecule has 0 aliphatic heterocycles. The molecule has 0 heterocycles. The van der Waals surface area contributed by atoms with E-state index in [1.807, 2.05) is 6.92 Å². The second kappa shape index (κ2) is 5.67. The van der Waals surface area contributed by atoms with Crippen LogP contribution in [0.5, 0.6) is 0 Å². The molecular weight excluding hydrogens is 181 g/mol. The highest BCUT2D eigenvalue weighted by Crippen LogP contribution is 2.35. The highest BCUT2D eigenvalue weighted by Gasteiger charge is 2.12. The summed E-state index contributed by atoms with van der Waals surface area (Å²) in [5.41, 5.74) is 5.47. The monoisotopic (exact) mass is 197 g/mol. The summed E-state index contributed by atoms with van der Waals surface area (Å²) >= 11 is 0. The molecule has 0 aliphatic rings. The van der Waals surface area contributed by atoms with Gasteiger partial charge in [0.25, 0.3) is 0 Å². The first-order valence-electron chi connectivity index (χ1n) is 3.87. The molecule has 0 aromatic heterocycles. The van der Waals surface area contributed by atoms with Crippen molar-refractivity contribution in [3.05, 3.63) is 0 Å². The molecule has 0 aliphatic carbocycles. The standard InChI is InChI=1S/C6H16NO4P/c1-6(7)4-2-3-5-11-12(8,9)10/h6H,2-5,7H2,1H3,(H2,8,9,10). The Morgan fingerprint density at radius 2 is 2.08 bits per heavy atom. The van der Waals surface area contributed by atoms with Gasteiger partial charge in [-0.2, -0.15) is 0 Å². The van der Waals surface area contributed by atoms with Crippen LogP contribution in [0.15, 0.2) is 0 Å². The van der Waals surface area contributed by atoms with Gasteiger partial charge in [0.2, 0.25) is 0 Å². The Bertz CT molecular complexity index is 156. The van der Waals surface area contributed by atoms with Gasteiger partial charge >= 0.3 is 7.82 Å². The van der Waals surface area contributed by atoms with Crippen LogP contribution in [0.25, 0.3) is 0 Å². The first-order chi connectivity index (χ1) is 5.42. The van der Waals surface area contributed by atoms with E-state index in [1.54, 1.807) is 0 Å². The Morgan fingerprint density at radius 3 is 2.50 bits per heavy atom. The Kier molecular flexibility index (Phi) is 5.70. The van der Waals surface area contributed by atoms with Crippen molar-refractivity contribution in [2.24, 2.45) is 5.73 Å². The summed E-state index contributed by atoms with van der Waals surface area (Å²) in [6, 6.07) is 0.139. The van der Waals surface area contributed by atoms with Crippen molar-refractivity contribution in [1.29, 1.82) is 0 Å². The lowest BCUT2D eigenvalue weighted by molar-refractivity contribution is 0.193. The summed E-state index contributed by atoms with van der Waals surface area (Å²) < 4.78 is 14.4. The summed E-state index contributed by atoms with van der Waals surface area (Å²) in [7, 11) is -4.26. The minimum atomic E-state index is -4.26. The predicted molar refractivity (Wildman–Crippen MR) is 45.5 cm³/mol. The average Bonchev–Trinajstić information content (AvgIpc) is 1.83. The number of rotatable bonds is 6. The zero-order valence-electron chi connectivity index (χ0n) is 7.14. The first-order valence-corrected chi connectivity index (χ1v) is 5.40. The number of phosphoric ester groups is 1. The summed E-state index contributed by atoms with van der Waals surface area (Å²) in [4.78, 5) is 16.6. The van der Waals surface area contributed by atoms with Crippen LogP contribution in [0.3, 0.4) is 0 Å². The number of unbranched alkanes of at least 4 members (excludes halogenated alkanes) is 1. The quantitative estimate of drug-likeness (QED) is 0.428. The van der Waals surface area contributed by atoms with Crippen LogP contribution in [0.4, 0.5) is 0 Å². The molecule has 74 valence electrons. The third-order valence-electron chi connectivity index (χ3n) is 1.31. The predicted octanol–water partition coefficient (Wildman–Crippen LogP) is 0.613.